The lowest BCUT2D eigenvalue weighted by Gasteiger charge is -2.26. The number of aromatic amines is 1. The summed E-state index contributed by atoms with van der Waals surface area (Å²) in [4.78, 5) is 111. The van der Waals surface area contributed by atoms with Crippen molar-refractivity contribution in [2.24, 2.45) is 0 Å². The molecule has 0 bridgehead atoms. The van der Waals surface area contributed by atoms with E-state index in [4.69, 9.17) is 14.0 Å². The molecule has 0 aliphatic carbocycles. The van der Waals surface area contributed by atoms with Gasteiger partial charge in [0, 0.05) is 36.4 Å². The second-order valence-electron chi connectivity index (χ2n) is 18.4. The summed E-state index contributed by atoms with van der Waals surface area (Å²) >= 11 is 0. The number of alkyl carbamates (subject to hydrolysis) is 1. The SMILES string of the molecule is CCCC[C@H](NC(=O)[C@H](Cc1ccc(OS(=O)(=O)O)cc1)NC(=O)OC(C)(C)C)C(=O)NCC(=O)N[C@@H](Cc1c[nH]c2ccccc12)C(=O)N[C@@H](CCCC)C(=O)N[C@@H](CC(=O)O)C(=O)OCCc1ccccc1.N.N. The van der Waals surface area contributed by atoms with Gasteiger partial charge in [-0.2, -0.15) is 8.42 Å². The summed E-state index contributed by atoms with van der Waals surface area (Å²) in [5, 5.41) is 25.8. The topological polar surface area (TPSA) is 397 Å². The van der Waals surface area contributed by atoms with Crippen molar-refractivity contribution in [2.45, 2.75) is 135 Å². The number of para-hydroxylation sites is 1. The highest BCUT2D eigenvalue weighted by Gasteiger charge is 2.33. The van der Waals surface area contributed by atoms with Crippen LogP contribution >= 0.6 is 0 Å². The number of esters is 1. The van der Waals surface area contributed by atoms with Crippen LogP contribution in [-0.4, -0.2) is 120 Å². The molecule has 1 aromatic heterocycles. The van der Waals surface area contributed by atoms with Gasteiger partial charge < -0.3 is 67.9 Å². The molecule has 3 aromatic carbocycles. The number of carboxylic acid groups (broad SMARTS) is 1. The van der Waals surface area contributed by atoms with Gasteiger partial charge in [-0.1, -0.05) is 100 Å². The number of amides is 6. The maximum absolute atomic E-state index is 14.3. The number of rotatable bonds is 29. The molecule has 24 nitrogen and oxygen atoms in total. The van der Waals surface area contributed by atoms with Crippen LogP contribution in [0.2, 0.25) is 0 Å². The summed E-state index contributed by atoms with van der Waals surface area (Å²) in [6, 6.07) is 14.8. The minimum atomic E-state index is -4.81. The third kappa shape index (κ3) is 22.9. The van der Waals surface area contributed by atoms with Gasteiger partial charge in [0.1, 0.15) is 41.6 Å². The van der Waals surface area contributed by atoms with Crippen LogP contribution in [0.4, 0.5) is 4.79 Å². The standard InChI is InChI=1S/C51H67N7O15S.2H3N/c1-6-8-18-38(55-47(64)40(58-50(67)72-51(3,4)5)27-33-21-23-35(24-22-33)73-74(68,69)70)45(62)53-31-43(59)54-41(28-34-30-52-37-20-14-13-17-36(34)37)48(65)56-39(19-9-7-2)46(63)57-42(29-44(60)61)49(66)71-26-25-32-15-11-10-12-16-32;;/h10-17,20-24,30,38-42,52H,6-9,18-19,25-29,31H2,1-5H3,(H,53,62)(H,54,59)(H,55,64)(H,56,65)(H,57,63)(H,58,67)(H,60,61)(H,68,69,70);2*1H3/t38-,39-,40-,41-,42-;;/m0../s1. The number of aromatic nitrogens is 1. The molecule has 15 N–H and O–H groups in total. The summed E-state index contributed by atoms with van der Waals surface area (Å²) in [7, 11) is -4.81. The zero-order valence-electron chi connectivity index (χ0n) is 43.5. The second-order valence-corrected chi connectivity index (χ2v) is 19.5. The highest BCUT2D eigenvalue weighted by atomic mass is 32.3. The van der Waals surface area contributed by atoms with Crippen molar-refractivity contribution in [3.8, 4) is 5.75 Å². The average Bonchev–Trinajstić information content (AvgIpc) is 3.74. The van der Waals surface area contributed by atoms with Crippen LogP contribution < -0.4 is 48.4 Å². The maximum Gasteiger partial charge on any atom is 0.446 e. The minimum Gasteiger partial charge on any atom is -0.481 e. The van der Waals surface area contributed by atoms with E-state index in [1.165, 1.54) is 24.3 Å². The lowest BCUT2D eigenvalue weighted by Crippen LogP contribution is -2.58. The summed E-state index contributed by atoms with van der Waals surface area (Å²) in [6.45, 7) is 7.82. The molecule has 5 atom stereocenters. The lowest BCUT2D eigenvalue weighted by atomic mass is 10.0. The van der Waals surface area contributed by atoms with Crippen LogP contribution in [0.1, 0.15) is 96.3 Å². The first-order valence-corrected chi connectivity index (χ1v) is 25.6. The Morgan fingerprint density at radius 3 is 1.79 bits per heavy atom. The van der Waals surface area contributed by atoms with Crippen LogP contribution in [0.5, 0.6) is 5.75 Å². The Balaban J connectivity index is 0.00000988. The monoisotopic (exact) mass is 1080 g/mol. The quantitative estimate of drug-likeness (QED) is 0.0270. The fraction of sp³-hybridized carbons (Fsp3) is 0.451. The largest absolute Gasteiger partial charge is 0.481 e. The van der Waals surface area contributed by atoms with Crippen molar-refractivity contribution >= 4 is 68.9 Å². The highest BCUT2D eigenvalue weighted by Crippen LogP contribution is 2.20. The molecule has 76 heavy (non-hydrogen) atoms. The van der Waals surface area contributed by atoms with E-state index in [9.17, 15) is 51.9 Å². The van der Waals surface area contributed by atoms with Crippen LogP contribution in [0, 0.1) is 0 Å². The lowest BCUT2D eigenvalue weighted by molar-refractivity contribution is -0.152. The van der Waals surface area contributed by atoms with E-state index in [0.717, 1.165) is 16.5 Å². The van der Waals surface area contributed by atoms with Crippen molar-refractivity contribution in [3.05, 3.63) is 102 Å². The smallest absolute Gasteiger partial charge is 0.446 e. The molecule has 4 aromatic rings. The van der Waals surface area contributed by atoms with Crippen LogP contribution in [0.15, 0.2) is 85.1 Å². The predicted octanol–water partition coefficient (Wildman–Crippen LogP) is 4.05. The van der Waals surface area contributed by atoms with Gasteiger partial charge >= 0.3 is 28.4 Å². The van der Waals surface area contributed by atoms with E-state index in [0.29, 0.717) is 43.2 Å². The molecule has 25 heteroatoms. The van der Waals surface area contributed by atoms with Gasteiger partial charge in [0.2, 0.25) is 29.5 Å². The summed E-state index contributed by atoms with van der Waals surface area (Å²) in [6.07, 6.45) is 2.29. The normalized spacial score (nSPS) is 13.1. The maximum atomic E-state index is 14.3. The molecule has 4 rings (SSSR count). The van der Waals surface area contributed by atoms with Gasteiger partial charge in [0.15, 0.2) is 0 Å². The highest BCUT2D eigenvalue weighted by molar-refractivity contribution is 7.81. The first-order valence-electron chi connectivity index (χ1n) is 24.2. The molecular weight excluding hydrogens is 1010 g/mol. The zero-order valence-corrected chi connectivity index (χ0v) is 44.3. The molecule has 0 spiro atoms. The van der Waals surface area contributed by atoms with E-state index < -0.39 is 107 Å². The van der Waals surface area contributed by atoms with E-state index in [2.05, 4.69) is 41.1 Å². The molecule has 6 amide bonds. The van der Waals surface area contributed by atoms with Gasteiger partial charge in [-0.25, -0.2) is 9.59 Å². The number of H-pyrrole nitrogens is 1. The Morgan fingerprint density at radius 1 is 0.658 bits per heavy atom. The molecule has 1 heterocycles. The Hall–Kier alpha value is -7.61. The summed E-state index contributed by atoms with van der Waals surface area (Å²) < 4.78 is 46.6. The molecule has 0 aliphatic rings. The van der Waals surface area contributed by atoms with Crippen molar-refractivity contribution in [2.75, 3.05) is 13.2 Å². The fourth-order valence-electron chi connectivity index (χ4n) is 7.52. The van der Waals surface area contributed by atoms with Gasteiger partial charge in [-0.15, -0.1) is 0 Å². The number of fused-ring (bicyclic) bond motifs is 1. The van der Waals surface area contributed by atoms with E-state index >= 15 is 0 Å². The molecule has 0 saturated carbocycles. The van der Waals surface area contributed by atoms with Gasteiger partial charge in [0.05, 0.1) is 19.6 Å². The molecule has 0 saturated heterocycles. The number of unbranched alkanes of at least 4 members (excludes halogenated alkanes) is 2. The Bertz CT molecular complexity index is 2660. The van der Waals surface area contributed by atoms with Gasteiger partial charge in [-0.05, 0) is 68.5 Å². The first-order chi connectivity index (χ1) is 35.0. The van der Waals surface area contributed by atoms with Crippen molar-refractivity contribution in [1.82, 2.24) is 49.2 Å². The summed E-state index contributed by atoms with van der Waals surface area (Å²) in [5.74, 6) is -6.63. The number of carbonyl (C=O) groups is 8. The van der Waals surface area contributed by atoms with Gasteiger partial charge in [-0.3, -0.25) is 33.3 Å². The molecule has 418 valence electrons. The molecular formula is C51H73N9O15S. The van der Waals surface area contributed by atoms with E-state index in [1.54, 1.807) is 33.0 Å². The number of aliphatic carboxylic acids is 1. The third-order valence-corrected chi connectivity index (χ3v) is 11.6. The van der Waals surface area contributed by atoms with Gasteiger partial charge in [0.25, 0.3) is 0 Å². The Labute approximate surface area is 442 Å². The molecule has 0 unspecified atom stereocenters. The number of hydrogen-bond donors (Lipinski definition) is 11. The van der Waals surface area contributed by atoms with Crippen LogP contribution in [0.3, 0.4) is 0 Å². The van der Waals surface area contributed by atoms with Crippen LogP contribution in [0.25, 0.3) is 10.9 Å². The number of benzene rings is 3. The Kier molecular flexibility index (Phi) is 26.6. The van der Waals surface area contributed by atoms with Crippen molar-refractivity contribution < 1.29 is 70.1 Å². The molecule has 0 fully saturated rings. The second kappa shape index (κ2) is 31.3. The van der Waals surface area contributed by atoms with Crippen molar-refractivity contribution in [1.29, 1.82) is 0 Å². The number of hydrogen-bond acceptors (Lipinski definition) is 15. The zero-order chi connectivity index (χ0) is 54.4. The number of nitrogens with one attached hydrogen (secondary N) is 7. The average molecular weight is 1080 g/mol. The van der Waals surface area contributed by atoms with Crippen molar-refractivity contribution in [3.63, 3.8) is 0 Å². The Morgan fingerprint density at radius 2 is 1.21 bits per heavy atom. The molecule has 0 aliphatic heterocycles. The molecule has 0 radical (unpaired) electrons. The predicted molar refractivity (Wildman–Crippen MR) is 281 cm³/mol. The van der Waals surface area contributed by atoms with E-state index in [1.807, 2.05) is 62.4 Å². The minimum absolute atomic E-state index is 0. The summed E-state index contributed by atoms with van der Waals surface area (Å²) in [5.41, 5.74) is 1.71. The first kappa shape index (κ1) is 64.5. The van der Waals surface area contributed by atoms with E-state index in [-0.39, 0.29) is 50.3 Å². The number of carboxylic acids is 1. The fourth-order valence-corrected chi connectivity index (χ4v) is 7.87. The van der Waals surface area contributed by atoms with Crippen LogP contribution in [-0.2, 0) is 72.7 Å². The number of carbonyl (C=O) groups excluding carboxylic acids is 7. The number of ether oxygens (including phenoxy) is 2. The third-order valence-electron chi connectivity index (χ3n) is 11.2.